The van der Waals surface area contributed by atoms with Crippen molar-refractivity contribution < 1.29 is 128 Å². The summed E-state index contributed by atoms with van der Waals surface area (Å²) < 4.78 is 0. The summed E-state index contributed by atoms with van der Waals surface area (Å²) in [6, 6.07) is 0. The number of hydrogen-bond donors (Lipinski definition) is 1. The first kappa shape index (κ1) is 44.2. The second-order valence-corrected chi connectivity index (χ2v) is 0.750. The van der Waals surface area contributed by atoms with Gasteiger partial charge in [0, 0.05) is 0 Å². The topological polar surface area (TPSA) is 258 Å². The molecule has 0 rings (SSSR count). The summed E-state index contributed by atoms with van der Waals surface area (Å²) in [6.45, 7) is 0. The Labute approximate surface area is 151 Å². The Balaban J connectivity index is -0.0000000135. The van der Waals surface area contributed by atoms with Crippen LogP contribution in [-0.2, 0) is 26.2 Å². The Morgan fingerprint density at radius 2 is 0.625 bits per heavy atom. The van der Waals surface area contributed by atoms with Crippen molar-refractivity contribution >= 4 is 18.5 Å². The fourth-order valence-electron chi connectivity index (χ4n) is 0. The van der Waals surface area contributed by atoms with Crippen LogP contribution in [0.25, 0.3) is 0 Å². The molecule has 0 aromatic rings. The Hall–Kier alpha value is 0.249. The molecule has 11 nitrogen and oxygen atoms in total. The maximum Gasteiger partial charge on any atom is 4.00 e. The van der Waals surface area contributed by atoms with Gasteiger partial charge in [-0.05, 0) is 18.5 Å². The second kappa shape index (κ2) is 36.2. The summed E-state index contributed by atoms with van der Waals surface area (Å²) in [5.41, 5.74) is 0. The van der Waals surface area contributed by atoms with Crippen LogP contribution in [0.15, 0.2) is 0 Å². The number of quaternary nitrogens is 1. The quantitative estimate of drug-likeness (QED) is 0.407. The minimum Gasteiger partial charge on any atom is -0.652 e. The molecule has 0 fully saturated rings. The molecule has 0 bridgehead atoms. The molecule has 0 radical (unpaired) electrons. The largest absolute Gasteiger partial charge is 4.00 e. The molecule has 0 saturated carbocycles. The molecule has 13 heteroatoms. The van der Waals surface area contributed by atoms with Crippen molar-refractivity contribution in [3.8, 4) is 0 Å². The molecule has 6 N–H and O–H groups in total. The first-order valence-electron chi connectivity index (χ1n) is 1.84. The Morgan fingerprint density at radius 1 is 0.625 bits per heavy atom. The molecule has 0 unspecified atom stereocenters. The van der Waals surface area contributed by atoms with Gasteiger partial charge in [0.05, 0.1) is 0 Å². The Kier molecular flexibility index (Phi) is 99.9. The zero-order valence-corrected chi connectivity index (χ0v) is 13.8. The molecule has 0 aromatic carbocycles. The first-order chi connectivity index (χ1) is 5.20. The summed E-state index contributed by atoms with van der Waals surface area (Å²) in [4.78, 5) is 25.0. The van der Waals surface area contributed by atoms with Crippen LogP contribution in [0.4, 0.5) is 14.4 Å². The fourth-order valence-corrected chi connectivity index (χ4v) is 0. The van der Waals surface area contributed by atoms with Crippen LogP contribution in [0, 0.1) is 0 Å². The predicted molar refractivity (Wildman–Crippen MR) is 25.8 cm³/mol. The summed E-state index contributed by atoms with van der Waals surface area (Å²) in [5.74, 6) is 0. The maximum absolute atomic E-state index is 8.33. The average molecular weight is 346 g/mol. The van der Waals surface area contributed by atoms with E-state index in [1.165, 1.54) is 0 Å². The van der Waals surface area contributed by atoms with Crippen LogP contribution < -0.4 is 88.2 Å². The van der Waals surface area contributed by atoms with Crippen LogP contribution in [0.5, 0.6) is 0 Å². The molecule has 0 saturated heterocycles. The van der Waals surface area contributed by atoms with Crippen molar-refractivity contribution in [2.24, 2.45) is 0 Å². The van der Waals surface area contributed by atoms with E-state index in [1.54, 1.807) is 0 Å². The van der Waals surface area contributed by atoms with Crippen LogP contribution >= 0.6 is 0 Å². The zero-order valence-electron chi connectivity index (χ0n) is 8.17. The molecule has 0 aromatic heterocycles. The molecule has 0 aliphatic carbocycles. The van der Waals surface area contributed by atoms with E-state index in [1.807, 2.05) is 0 Å². The van der Waals surface area contributed by atoms with E-state index < -0.39 is 18.5 Å². The second-order valence-electron chi connectivity index (χ2n) is 0.750. The molecule has 0 amide bonds. The first-order valence-corrected chi connectivity index (χ1v) is 1.84. The van der Waals surface area contributed by atoms with Crippen LogP contribution in [0.1, 0.15) is 0 Å². The monoisotopic (exact) mass is 345 g/mol. The van der Waals surface area contributed by atoms with E-state index in [0.717, 1.165) is 0 Å². The summed E-state index contributed by atoms with van der Waals surface area (Å²) in [7, 11) is 0. The van der Waals surface area contributed by atoms with Crippen molar-refractivity contribution in [3.05, 3.63) is 0 Å². The number of carbonyl (C=O) groups excluding carboxylic acids is 3. The van der Waals surface area contributed by atoms with Crippen molar-refractivity contribution in [3.63, 3.8) is 0 Å². The van der Waals surface area contributed by atoms with Gasteiger partial charge in [0.15, 0.2) is 0 Å². The molecule has 0 spiro atoms. The van der Waals surface area contributed by atoms with Gasteiger partial charge < -0.3 is 56.6 Å². The fraction of sp³-hybridized carbons (Fsp3) is 0. The predicted octanol–water partition coefficient (Wildman–Crippen LogP) is -10.8. The smallest absolute Gasteiger partial charge is 0.652 e. The van der Waals surface area contributed by atoms with E-state index in [-0.39, 0.29) is 89.2 Å². The molecule has 16 heavy (non-hydrogen) atoms. The third kappa shape index (κ3) is 40200. The SMILES string of the molecule is O.O=C([O-])[O-].O=C([O-])[O-].O=C([O-])[O-].[K+].[NH4+].[Zr+4]. The summed E-state index contributed by atoms with van der Waals surface area (Å²) in [6.07, 6.45) is -7.00. The van der Waals surface area contributed by atoms with Gasteiger partial charge in [0.25, 0.3) is 0 Å². The van der Waals surface area contributed by atoms with Gasteiger partial charge >= 0.3 is 77.6 Å². The maximum atomic E-state index is 8.33. The third-order valence-corrected chi connectivity index (χ3v) is 0. The van der Waals surface area contributed by atoms with Crippen LogP contribution in [-0.4, -0.2) is 23.9 Å². The van der Waals surface area contributed by atoms with E-state index in [4.69, 9.17) is 45.0 Å². The van der Waals surface area contributed by atoms with Gasteiger partial charge in [-0.25, -0.2) is 0 Å². The molecule has 0 aliphatic heterocycles. The average Bonchev–Trinajstić information content (AvgIpc) is 1.54. The molecule has 88 valence electrons. The molecular weight excluding hydrogens is 340 g/mol. The molecule has 0 heterocycles. The molecule has 0 atom stereocenters. The van der Waals surface area contributed by atoms with Gasteiger partial charge in [-0.2, -0.15) is 0 Å². The van der Waals surface area contributed by atoms with Gasteiger partial charge in [-0.3, -0.25) is 0 Å². The van der Waals surface area contributed by atoms with Crippen molar-refractivity contribution in [2.45, 2.75) is 0 Å². The summed E-state index contributed by atoms with van der Waals surface area (Å²) >= 11 is 0. The number of carboxylic acid groups (broad SMARTS) is 6. The third-order valence-electron chi connectivity index (χ3n) is 0. The van der Waals surface area contributed by atoms with Gasteiger partial charge in [-0.1, -0.05) is 0 Å². The molecular formula is C3H6KNO10Zr. The number of hydrogen-bond acceptors (Lipinski definition) is 9. The minimum absolute atomic E-state index is 0. The van der Waals surface area contributed by atoms with Crippen molar-refractivity contribution in [1.29, 1.82) is 0 Å². The summed E-state index contributed by atoms with van der Waals surface area (Å²) in [5, 5.41) is 50.0. The van der Waals surface area contributed by atoms with Gasteiger partial charge in [0.1, 0.15) is 0 Å². The van der Waals surface area contributed by atoms with Crippen molar-refractivity contribution in [1.82, 2.24) is 6.15 Å². The van der Waals surface area contributed by atoms with E-state index in [0.29, 0.717) is 0 Å². The Bertz CT molecular complexity index is 124. The number of carbonyl (C=O) groups is 3. The van der Waals surface area contributed by atoms with Crippen LogP contribution in [0.3, 0.4) is 0 Å². The van der Waals surface area contributed by atoms with Crippen molar-refractivity contribution in [2.75, 3.05) is 0 Å². The number of rotatable bonds is 0. The van der Waals surface area contributed by atoms with Gasteiger partial charge in [0.2, 0.25) is 0 Å². The van der Waals surface area contributed by atoms with E-state index >= 15 is 0 Å². The molecule has 0 aliphatic rings. The van der Waals surface area contributed by atoms with Crippen LogP contribution in [0.2, 0.25) is 0 Å². The van der Waals surface area contributed by atoms with E-state index in [2.05, 4.69) is 0 Å². The minimum atomic E-state index is -2.33. The normalized spacial score (nSPS) is 4.50. The van der Waals surface area contributed by atoms with Gasteiger partial charge in [-0.15, -0.1) is 0 Å². The standard InChI is InChI=1S/3CH2O3.K.H3N.H2O.Zr/c3*2-1(3)4;;;;/h3*(H2,2,3,4);;1H3;1H2;/q;;;+1;;;+4/p-5. The van der Waals surface area contributed by atoms with E-state index in [9.17, 15) is 0 Å². The Morgan fingerprint density at radius 3 is 0.625 bits per heavy atom. The zero-order chi connectivity index (χ0) is 10.7.